The van der Waals surface area contributed by atoms with Crippen LogP contribution in [0.1, 0.15) is 24.8 Å². The van der Waals surface area contributed by atoms with Gasteiger partial charge in [0, 0.05) is 13.0 Å². The van der Waals surface area contributed by atoms with E-state index in [-0.39, 0.29) is 23.3 Å². The van der Waals surface area contributed by atoms with Gasteiger partial charge < -0.3 is 10.1 Å². The van der Waals surface area contributed by atoms with Crippen LogP contribution in [-0.2, 0) is 21.1 Å². The average Bonchev–Trinajstić information content (AvgIpc) is 2.85. The highest BCUT2D eigenvalue weighted by Crippen LogP contribution is 2.22. The summed E-state index contributed by atoms with van der Waals surface area (Å²) in [7, 11) is -1.22. The minimum atomic E-state index is -2.85. The Labute approximate surface area is 132 Å². The summed E-state index contributed by atoms with van der Waals surface area (Å²) in [6, 6.07) is 7.74. The van der Waals surface area contributed by atoms with Crippen LogP contribution < -0.4 is 10.1 Å². The molecule has 0 aromatic heterocycles. The normalized spacial score (nSPS) is 19.8. The Morgan fingerprint density at radius 3 is 2.82 bits per heavy atom. The van der Waals surface area contributed by atoms with Gasteiger partial charge in [0.1, 0.15) is 5.75 Å². The summed E-state index contributed by atoms with van der Waals surface area (Å²) < 4.78 is 28.0. The van der Waals surface area contributed by atoms with Crippen molar-refractivity contribution in [3.63, 3.8) is 0 Å². The smallest absolute Gasteiger partial charge is 0.220 e. The second kappa shape index (κ2) is 7.63. The molecule has 1 aromatic carbocycles. The van der Waals surface area contributed by atoms with Crippen molar-refractivity contribution in [2.75, 3.05) is 25.2 Å². The fourth-order valence-corrected chi connectivity index (χ4v) is 4.68. The monoisotopic (exact) mass is 325 g/mol. The molecule has 0 bridgehead atoms. The van der Waals surface area contributed by atoms with Crippen molar-refractivity contribution < 1.29 is 17.9 Å². The molecule has 0 saturated carbocycles. The largest absolute Gasteiger partial charge is 0.496 e. The zero-order valence-electron chi connectivity index (χ0n) is 12.9. The molecule has 1 amide bonds. The second-order valence-corrected chi connectivity index (χ2v) is 7.95. The van der Waals surface area contributed by atoms with E-state index in [4.69, 9.17) is 4.74 Å². The van der Waals surface area contributed by atoms with Gasteiger partial charge in [-0.25, -0.2) is 8.42 Å². The number of methoxy groups -OCH3 is 1. The first-order valence-electron chi connectivity index (χ1n) is 7.59. The number of sulfone groups is 1. The lowest BCUT2D eigenvalue weighted by atomic mass is 10.0. The number of para-hydroxylation sites is 1. The molecule has 122 valence electrons. The predicted octanol–water partition coefficient (Wildman–Crippen LogP) is 1.57. The molecule has 1 aliphatic heterocycles. The summed E-state index contributed by atoms with van der Waals surface area (Å²) in [5, 5.41) is 2.88. The number of rotatable bonds is 7. The molecule has 0 radical (unpaired) electrons. The number of carbonyl (C=O) groups excluding carboxylic acids is 1. The molecule has 1 N–H and O–H groups in total. The lowest BCUT2D eigenvalue weighted by Crippen LogP contribution is -2.26. The average molecular weight is 325 g/mol. The first-order chi connectivity index (χ1) is 10.5. The summed E-state index contributed by atoms with van der Waals surface area (Å²) >= 11 is 0. The van der Waals surface area contributed by atoms with Crippen LogP contribution in [0.3, 0.4) is 0 Å². The molecule has 2 rings (SSSR count). The van der Waals surface area contributed by atoms with Crippen molar-refractivity contribution in [1.82, 2.24) is 5.32 Å². The summed E-state index contributed by atoms with van der Waals surface area (Å²) in [5.74, 6) is 1.46. The lowest BCUT2D eigenvalue weighted by Gasteiger charge is -2.10. The molecule has 1 aliphatic rings. The number of hydrogen-bond donors (Lipinski definition) is 1. The van der Waals surface area contributed by atoms with Gasteiger partial charge >= 0.3 is 0 Å². The third kappa shape index (κ3) is 5.02. The molecule has 1 saturated heterocycles. The minimum absolute atomic E-state index is 0.0146. The molecule has 1 atom stereocenters. The summed E-state index contributed by atoms with van der Waals surface area (Å²) in [6.07, 6.45) is 2.45. The van der Waals surface area contributed by atoms with E-state index in [9.17, 15) is 13.2 Å². The molecule has 5 nitrogen and oxygen atoms in total. The van der Waals surface area contributed by atoms with Crippen LogP contribution in [-0.4, -0.2) is 39.5 Å². The number of carbonyl (C=O) groups is 1. The fraction of sp³-hybridized carbons (Fsp3) is 0.562. The Morgan fingerprint density at radius 2 is 2.14 bits per heavy atom. The van der Waals surface area contributed by atoms with Gasteiger partial charge in [-0.05, 0) is 36.8 Å². The third-order valence-electron chi connectivity index (χ3n) is 4.02. The van der Waals surface area contributed by atoms with Gasteiger partial charge in [0.25, 0.3) is 0 Å². The maximum atomic E-state index is 11.8. The van der Waals surface area contributed by atoms with E-state index in [0.29, 0.717) is 32.2 Å². The van der Waals surface area contributed by atoms with Crippen molar-refractivity contribution in [2.24, 2.45) is 5.92 Å². The number of hydrogen-bond acceptors (Lipinski definition) is 4. The molecule has 0 aliphatic carbocycles. The molecule has 0 spiro atoms. The van der Waals surface area contributed by atoms with Crippen molar-refractivity contribution in [3.05, 3.63) is 29.8 Å². The standard InChI is InChI=1S/C16H23NO4S/c1-21-15-5-3-2-4-14(15)8-10-17-16(18)7-6-13-9-11-22(19,20)12-13/h2-5,13H,6-12H2,1H3,(H,17,18). The fourth-order valence-electron chi connectivity index (χ4n) is 2.77. The minimum Gasteiger partial charge on any atom is -0.496 e. The van der Waals surface area contributed by atoms with Crippen LogP contribution in [0.5, 0.6) is 5.75 Å². The highest BCUT2D eigenvalue weighted by molar-refractivity contribution is 7.91. The molecule has 1 heterocycles. The van der Waals surface area contributed by atoms with Crippen molar-refractivity contribution >= 4 is 15.7 Å². The maximum Gasteiger partial charge on any atom is 0.220 e. The molecule has 1 unspecified atom stereocenters. The second-order valence-electron chi connectivity index (χ2n) is 5.72. The zero-order chi connectivity index (χ0) is 16.0. The van der Waals surface area contributed by atoms with Gasteiger partial charge in [-0.3, -0.25) is 4.79 Å². The summed E-state index contributed by atoms with van der Waals surface area (Å²) in [4.78, 5) is 11.8. The highest BCUT2D eigenvalue weighted by atomic mass is 32.2. The van der Waals surface area contributed by atoms with Crippen LogP contribution >= 0.6 is 0 Å². The van der Waals surface area contributed by atoms with Gasteiger partial charge in [-0.15, -0.1) is 0 Å². The Bertz CT molecular complexity index is 612. The molecule has 1 aromatic rings. The molecular weight excluding hydrogens is 302 g/mol. The Morgan fingerprint density at radius 1 is 1.36 bits per heavy atom. The van der Waals surface area contributed by atoms with Gasteiger partial charge in [0.05, 0.1) is 18.6 Å². The van der Waals surface area contributed by atoms with Gasteiger partial charge in [-0.2, -0.15) is 0 Å². The topological polar surface area (TPSA) is 72.5 Å². The number of benzene rings is 1. The van der Waals surface area contributed by atoms with E-state index in [1.807, 2.05) is 24.3 Å². The van der Waals surface area contributed by atoms with Crippen LogP contribution in [0.2, 0.25) is 0 Å². The Hall–Kier alpha value is -1.56. The predicted molar refractivity (Wildman–Crippen MR) is 85.7 cm³/mol. The molecule has 6 heteroatoms. The third-order valence-corrected chi connectivity index (χ3v) is 5.85. The van der Waals surface area contributed by atoms with Crippen LogP contribution in [0.4, 0.5) is 0 Å². The highest BCUT2D eigenvalue weighted by Gasteiger charge is 2.27. The summed E-state index contributed by atoms with van der Waals surface area (Å²) in [5.41, 5.74) is 1.06. The van der Waals surface area contributed by atoms with E-state index < -0.39 is 9.84 Å². The Kier molecular flexibility index (Phi) is 5.83. The van der Waals surface area contributed by atoms with Gasteiger partial charge in [0.2, 0.25) is 5.91 Å². The summed E-state index contributed by atoms with van der Waals surface area (Å²) in [6.45, 7) is 0.558. The maximum absolute atomic E-state index is 11.8. The molecular formula is C16H23NO4S. The van der Waals surface area contributed by atoms with Crippen LogP contribution in [0, 0.1) is 5.92 Å². The number of amides is 1. The SMILES string of the molecule is COc1ccccc1CCNC(=O)CCC1CCS(=O)(=O)C1. The van der Waals surface area contributed by atoms with E-state index >= 15 is 0 Å². The number of ether oxygens (including phenoxy) is 1. The molecule has 22 heavy (non-hydrogen) atoms. The number of nitrogens with one attached hydrogen (secondary N) is 1. The molecule has 1 fully saturated rings. The van der Waals surface area contributed by atoms with Crippen molar-refractivity contribution in [3.8, 4) is 5.75 Å². The Balaban J connectivity index is 1.68. The van der Waals surface area contributed by atoms with E-state index in [0.717, 1.165) is 11.3 Å². The zero-order valence-corrected chi connectivity index (χ0v) is 13.7. The van der Waals surface area contributed by atoms with Crippen molar-refractivity contribution in [2.45, 2.75) is 25.7 Å². The quantitative estimate of drug-likeness (QED) is 0.826. The van der Waals surface area contributed by atoms with Gasteiger partial charge in [-0.1, -0.05) is 18.2 Å². The van der Waals surface area contributed by atoms with E-state index in [1.165, 1.54) is 0 Å². The van der Waals surface area contributed by atoms with Crippen molar-refractivity contribution in [1.29, 1.82) is 0 Å². The van der Waals surface area contributed by atoms with Crippen LogP contribution in [0.15, 0.2) is 24.3 Å². The first-order valence-corrected chi connectivity index (χ1v) is 9.41. The van der Waals surface area contributed by atoms with Crippen LogP contribution in [0.25, 0.3) is 0 Å². The lowest BCUT2D eigenvalue weighted by molar-refractivity contribution is -0.121. The first kappa shape index (κ1) is 16.8. The van der Waals surface area contributed by atoms with Gasteiger partial charge in [0.15, 0.2) is 9.84 Å². The van der Waals surface area contributed by atoms with E-state index in [2.05, 4.69) is 5.32 Å². The van der Waals surface area contributed by atoms with E-state index in [1.54, 1.807) is 7.11 Å².